The van der Waals surface area contributed by atoms with Gasteiger partial charge in [0.1, 0.15) is 11.8 Å². The summed E-state index contributed by atoms with van der Waals surface area (Å²) >= 11 is 6.43. The van der Waals surface area contributed by atoms with Crippen LogP contribution in [0.1, 0.15) is 31.0 Å². The standard InChI is InChI=1S/C22H26ClN7O3.ClH/c1-14(21(31)30-7-3-4-8-30)25-6-5-15-9-19(33-2)18(10-17(15)23)28-22(32)29-20-13-26-16(11-24)12-27-20;/h9-10,12-14,25H,3-8H2,1-2H3,(H2,27,28,29,32);1H/t14-;/m1./s1. The fourth-order valence-corrected chi connectivity index (χ4v) is 3.75. The first kappa shape index (κ1) is 27.1. The van der Waals surface area contributed by atoms with Crippen molar-refractivity contribution in [2.75, 3.05) is 37.4 Å². The maximum atomic E-state index is 12.4. The number of methoxy groups -OCH3 is 1. The largest absolute Gasteiger partial charge is 0.495 e. The molecule has 2 heterocycles. The Kier molecular flexibility index (Phi) is 10.3. The van der Waals surface area contributed by atoms with Crippen LogP contribution in [0.15, 0.2) is 24.5 Å². The quantitative estimate of drug-likeness (QED) is 0.499. The van der Waals surface area contributed by atoms with Gasteiger partial charge in [0, 0.05) is 18.1 Å². The summed E-state index contributed by atoms with van der Waals surface area (Å²) in [6.45, 7) is 4.09. The fraction of sp³-hybridized carbons (Fsp3) is 0.409. The highest BCUT2D eigenvalue weighted by Gasteiger charge is 2.22. The maximum Gasteiger partial charge on any atom is 0.325 e. The zero-order valence-electron chi connectivity index (χ0n) is 18.9. The number of rotatable bonds is 8. The van der Waals surface area contributed by atoms with Crippen LogP contribution in [0, 0.1) is 11.3 Å². The third kappa shape index (κ3) is 7.18. The van der Waals surface area contributed by atoms with Gasteiger partial charge in [-0.1, -0.05) is 11.6 Å². The van der Waals surface area contributed by atoms with Crippen LogP contribution in [0.2, 0.25) is 5.02 Å². The van der Waals surface area contributed by atoms with Crippen LogP contribution in [0.3, 0.4) is 0 Å². The lowest BCUT2D eigenvalue weighted by atomic mass is 10.1. The van der Waals surface area contributed by atoms with Crippen LogP contribution >= 0.6 is 24.0 Å². The molecule has 2 aromatic rings. The molecule has 1 aliphatic rings. The second-order valence-corrected chi connectivity index (χ2v) is 7.99. The van der Waals surface area contributed by atoms with Gasteiger partial charge >= 0.3 is 6.03 Å². The Hall–Kier alpha value is -3.13. The van der Waals surface area contributed by atoms with Crippen molar-refractivity contribution in [3.05, 3.63) is 40.8 Å². The van der Waals surface area contributed by atoms with Gasteiger partial charge < -0.3 is 20.3 Å². The van der Waals surface area contributed by atoms with Crippen LogP contribution in [0.5, 0.6) is 5.75 Å². The molecule has 34 heavy (non-hydrogen) atoms. The van der Waals surface area contributed by atoms with Crippen molar-refractivity contribution in [2.45, 2.75) is 32.2 Å². The molecule has 0 bridgehead atoms. The number of urea groups is 1. The number of nitrogens with one attached hydrogen (secondary N) is 3. The minimum absolute atomic E-state index is 0. The molecule has 10 nitrogen and oxygen atoms in total. The number of aromatic nitrogens is 2. The summed E-state index contributed by atoms with van der Waals surface area (Å²) < 4.78 is 5.41. The van der Waals surface area contributed by atoms with Gasteiger partial charge in [-0.15, -0.1) is 12.4 Å². The normalized spacial score (nSPS) is 13.4. The van der Waals surface area contributed by atoms with E-state index in [9.17, 15) is 9.59 Å². The van der Waals surface area contributed by atoms with E-state index in [0.29, 0.717) is 29.4 Å². The molecule has 0 spiro atoms. The van der Waals surface area contributed by atoms with Crippen molar-refractivity contribution in [1.29, 1.82) is 5.26 Å². The smallest absolute Gasteiger partial charge is 0.325 e. The molecule has 1 aliphatic heterocycles. The average molecular weight is 508 g/mol. The van der Waals surface area contributed by atoms with Gasteiger partial charge in [-0.05, 0) is 50.4 Å². The van der Waals surface area contributed by atoms with Crippen molar-refractivity contribution in [3.8, 4) is 11.8 Å². The summed E-state index contributed by atoms with van der Waals surface area (Å²) in [5.74, 6) is 0.752. The molecule has 1 aromatic heterocycles. The number of amides is 3. The monoisotopic (exact) mass is 507 g/mol. The summed E-state index contributed by atoms with van der Waals surface area (Å²) in [6, 6.07) is 4.40. The fourth-order valence-electron chi connectivity index (χ4n) is 3.50. The number of halogens is 2. The first-order valence-corrected chi connectivity index (χ1v) is 11.0. The van der Waals surface area contributed by atoms with Crippen LogP contribution in [0.25, 0.3) is 0 Å². The van der Waals surface area contributed by atoms with Crippen molar-refractivity contribution in [2.24, 2.45) is 0 Å². The zero-order valence-corrected chi connectivity index (χ0v) is 20.5. The Balaban J connectivity index is 0.00000408. The second-order valence-electron chi connectivity index (χ2n) is 7.58. The number of anilines is 2. The Morgan fingerprint density at radius 1 is 1.24 bits per heavy atom. The number of hydrogen-bond acceptors (Lipinski definition) is 7. The van der Waals surface area contributed by atoms with Gasteiger partial charge in [0.05, 0.1) is 31.2 Å². The lowest BCUT2D eigenvalue weighted by molar-refractivity contribution is -0.131. The molecule has 3 amide bonds. The Morgan fingerprint density at radius 2 is 1.97 bits per heavy atom. The third-order valence-electron chi connectivity index (χ3n) is 5.26. The number of carbonyl (C=O) groups excluding carboxylic acids is 2. The van der Waals surface area contributed by atoms with Crippen molar-refractivity contribution in [3.63, 3.8) is 0 Å². The van der Waals surface area contributed by atoms with Gasteiger partial charge in [-0.2, -0.15) is 5.26 Å². The minimum Gasteiger partial charge on any atom is -0.495 e. The van der Waals surface area contributed by atoms with Gasteiger partial charge in [0.2, 0.25) is 5.91 Å². The minimum atomic E-state index is -0.563. The van der Waals surface area contributed by atoms with E-state index in [1.165, 1.54) is 19.5 Å². The summed E-state index contributed by atoms with van der Waals surface area (Å²) in [5, 5.41) is 17.7. The predicted molar refractivity (Wildman–Crippen MR) is 132 cm³/mol. The number of benzene rings is 1. The van der Waals surface area contributed by atoms with Crippen LogP contribution < -0.4 is 20.7 Å². The van der Waals surface area contributed by atoms with Gasteiger partial charge in [-0.3, -0.25) is 10.1 Å². The molecule has 3 rings (SSSR count). The zero-order chi connectivity index (χ0) is 23.8. The Morgan fingerprint density at radius 3 is 2.59 bits per heavy atom. The van der Waals surface area contributed by atoms with E-state index in [1.807, 2.05) is 17.9 Å². The molecule has 12 heteroatoms. The lowest BCUT2D eigenvalue weighted by Gasteiger charge is -2.21. The molecule has 0 radical (unpaired) electrons. The molecule has 182 valence electrons. The summed E-state index contributed by atoms with van der Waals surface area (Å²) in [4.78, 5) is 34.4. The SMILES string of the molecule is COc1cc(CCN[C@H](C)C(=O)N2CCCC2)c(Cl)cc1NC(=O)Nc1cnc(C#N)cn1.Cl. The number of ether oxygens (including phenoxy) is 1. The number of nitrogens with zero attached hydrogens (tertiary/aromatic N) is 4. The first-order valence-electron chi connectivity index (χ1n) is 10.6. The molecule has 1 atom stereocenters. The van der Waals surface area contributed by atoms with E-state index in [4.69, 9.17) is 21.6 Å². The number of hydrogen-bond donors (Lipinski definition) is 3. The average Bonchev–Trinajstić information content (AvgIpc) is 3.35. The number of carbonyl (C=O) groups is 2. The van der Waals surface area contributed by atoms with E-state index in [-0.39, 0.29) is 35.9 Å². The predicted octanol–water partition coefficient (Wildman–Crippen LogP) is 3.22. The third-order valence-corrected chi connectivity index (χ3v) is 5.61. The van der Waals surface area contributed by atoms with Gasteiger partial charge in [0.25, 0.3) is 0 Å². The molecular weight excluding hydrogens is 481 g/mol. The van der Waals surface area contributed by atoms with Gasteiger partial charge in [-0.25, -0.2) is 14.8 Å². The molecule has 0 saturated carbocycles. The van der Waals surface area contributed by atoms with Crippen molar-refractivity contribution < 1.29 is 14.3 Å². The van der Waals surface area contributed by atoms with Crippen LogP contribution in [-0.2, 0) is 11.2 Å². The molecule has 1 fully saturated rings. The van der Waals surface area contributed by atoms with E-state index in [2.05, 4.69) is 25.9 Å². The first-order chi connectivity index (χ1) is 15.9. The molecule has 0 aliphatic carbocycles. The molecular formula is C22H27Cl2N7O3. The summed E-state index contributed by atoms with van der Waals surface area (Å²) in [5.41, 5.74) is 1.36. The van der Waals surface area contributed by atoms with E-state index in [0.717, 1.165) is 31.5 Å². The molecule has 3 N–H and O–H groups in total. The number of nitriles is 1. The Labute approximate surface area is 209 Å². The van der Waals surface area contributed by atoms with Gasteiger partial charge in [0.15, 0.2) is 11.5 Å². The van der Waals surface area contributed by atoms with Crippen molar-refractivity contribution >= 4 is 47.5 Å². The van der Waals surface area contributed by atoms with Crippen molar-refractivity contribution in [1.82, 2.24) is 20.2 Å². The highest BCUT2D eigenvalue weighted by Crippen LogP contribution is 2.31. The Bertz CT molecular complexity index is 1040. The van der Waals surface area contributed by atoms with Crippen LogP contribution in [-0.4, -0.2) is 59.6 Å². The van der Waals surface area contributed by atoms with E-state index in [1.54, 1.807) is 12.1 Å². The molecule has 1 aromatic carbocycles. The highest BCUT2D eigenvalue weighted by atomic mass is 35.5. The lowest BCUT2D eigenvalue weighted by Crippen LogP contribution is -2.44. The highest BCUT2D eigenvalue weighted by molar-refractivity contribution is 6.31. The maximum absolute atomic E-state index is 12.4. The van der Waals surface area contributed by atoms with Crippen LogP contribution in [0.4, 0.5) is 16.3 Å². The topological polar surface area (TPSA) is 132 Å². The molecule has 1 saturated heterocycles. The summed E-state index contributed by atoms with van der Waals surface area (Å²) in [6.07, 6.45) is 5.25. The summed E-state index contributed by atoms with van der Waals surface area (Å²) in [7, 11) is 1.50. The van der Waals surface area contributed by atoms with E-state index < -0.39 is 6.03 Å². The second kappa shape index (κ2) is 12.9. The number of likely N-dealkylation sites (tertiary alicyclic amines) is 1. The van der Waals surface area contributed by atoms with E-state index >= 15 is 0 Å². The molecule has 0 unspecified atom stereocenters.